The van der Waals surface area contributed by atoms with Gasteiger partial charge in [0.25, 0.3) is 0 Å². The highest BCUT2D eigenvalue weighted by Gasteiger charge is 2.37. The molecule has 6 nitrogen and oxygen atoms in total. The molecule has 0 spiro atoms. The molecule has 0 fully saturated rings. The summed E-state index contributed by atoms with van der Waals surface area (Å²) >= 11 is 1.28. The molecule has 1 amide bonds. The molecular formula is C19H25NO5S. The third kappa shape index (κ3) is 4.52. The fourth-order valence-electron chi connectivity index (χ4n) is 3.07. The molecular weight excluding hydrogens is 354 g/mol. The quantitative estimate of drug-likeness (QED) is 0.596. The van der Waals surface area contributed by atoms with Gasteiger partial charge in [-0.25, -0.2) is 4.79 Å². The van der Waals surface area contributed by atoms with Gasteiger partial charge in [-0.05, 0) is 53.5 Å². The lowest BCUT2D eigenvalue weighted by molar-refractivity contribution is -0.146. The van der Waals surface area contributed by atoms with Crippen LogP contribution in [-0.2, 0) is 14.3 Å². The van der Waals surface area contributed by atoms with Crippen LogP contribution in [0, 0.1) is 18.8 Å². The van der Waals surface area contributed by atoms with E-state index in [4.69, 9.17) is 4.74 Å². The summed E-state index contributed by atoms with van der Waals surface area (Å²) in [4.78, 5) is 37.5. The van der Waals surface area contributed by atoms with Gasteiger partial charge >= 0.3 is 11.9 Å². The molecule has 0 unspecified atom stereocenters. The van der Waals surface area contributed by atoms with Gasteiger partial charge in [0.1, 0.15) is 5.00 Å². The third-order valence-electron chi connectivity index (χ3n) is 4.58. The summed E-state index contributed by atoms with van der Waals surface area (Å²) < 4.78 is 5.22. The minimum atomic E-state index is -0.973. The molecule has 1 aromatic rings. The van der Waals surface area contributed by atoms with Crippen molar-refractivity contribution in [2.45, 2.75) is 53.6 Å². The van der Waals surface area contributed by atoms with Crippen molar-refractivity contribution in [1.29, 1.82) is 0 Å². The van der Waals surface area contributed by atoms with E-state index in [0.29, 0.717) is 23.4 Å². The number of aryl methyl sites for hydroxylation is 1. The van der Waals surface area contributed by atoms with Gasteiger partial charge in [-0.15, -0.1) is 11.3 Å². The Morgan fingerprint density at radius 3 is 2.27 bits per heavy atom. The minimum absolute atomic E-state index is 0.267. The Labute approximate surface area is 157 Å². The summed E-state index contributed by atoms with van der Waals surface area (Å²) in [6.07, 6.45) is 0.507. The Hall–Kier alpha value is -2.15. The Balaban J connectivity index is 2.24. The molecule has 0 bridgehead atoms. The Morgan fingerprint density at radius 2 is 1.73 bits per heavy atom. The van der Waals surface area contributed by atoms with E-state index in [0.717, 1.165) is 16.0 Å². The maximum absolute atomic E-state index is 12.8. The molecule has 0 radical (unpaired) electrons. The predicted molar refractivity (Wildman–Crippen MR) is 100 cm³/mol. The maximum atomic E-state index is 12.8. The second kappa shape index (κ2) is 8.03. The number of aliphatic carboxylic acids is 1. The van der Waals surface area contributed by atoms with Gasteiger partial charge in [-0.2, -0.15) is 0 Å². The topological polar surface area (TPSA) is 92.7 Å². The number of hydrogen-bond donors (Lipinski definition) is 2. The summed E-state index contributed by atoms with van der Waals surface area (Å²) in [5.74, 6) is -3.26. The average Bonchev–Trinajstić information content (AvgIpc) is 2.89. The van der Waals surface area contributed by atoms with Crippen LogP contribution in [0.3, 0.4) is 0 Å². The van der Waals surface area contributed by atoms with Crippen LogP contribution in [0.25, 0.3) is 0 Å². The molecule has 26 heavy (non-hydrogen) atoms. The number of anilines is 1. The first-order valence-electron chi connectivity index (χ1n) is 8.60. The largest absolute Gasteiger partial charge is 0.481 e. The van der Waals surface area contributed by atoms with Gasteiger partial charge in [0.05, 0.1) is 23.5 Å². The van der Waals surface area contributed by atoms with Crippen molar-refractivity contribution < 1.29 is 24.2 Å². The molecule has 7 heteroatoms. The van der Waals surface area contributed by atoms with Crippen LogP contribution in [0.4, 0.5) is 5.00 Å². The van der Waals surface area contributed by atoms with Crippen molar-refractivity contribution in [2.24, 2.45) is 11.8 Å². The zero-order valence-electron chi connectivity index (χ0n) is 15.7. The fourth-order valence-corrected chi connectivity index (χ4v) is 3.97. The van der Waals surface area contributed by atoms with E-state index in [-0.39, 0.29) is 12.0 Å². The number of carboxylic acids is 1. The number of allylic oxidation sites excluding steroid dienone is 2. The molecule has 1 heterocycles. The van der Waals surface area contributed by atoms with Crippen LogP contribution in [0.15, 0.2) is 17.2 Å². The van der Waals surface area contributed by atoms with Crippen LogP contribution in [0.5, 0.6) is 0 Å². The number of rotatable bonds is 5. The highest BCUT2D eigenvalue weighted by atomic mass is 32.1. The first kappa shape index (κ1) is 20.2. The van der Waals surface area contributed by atoms with E-state index in [2.05, 4.69) is 5.32 Å². The molecule has 0 saturated carbocycles. The number of nitrogens with one attached hydrogen (secondary N) is 1. The van der Waals surface area contributed by atoms with Gasteiger partial charge in [0.15, 0.2) is 0 Å². The van der Waals surface area contributed by atoms with E-state index in [1.54, 1.807) is 19.9 Å². The molecule has 0 aliphatic heterocycles. The van der Waals surface area contributed by atoms with E-state index in [1.807, 2.05) is 20.8 Å². The number of esters is 1. The number of ether oxygens (including phenoxy) is 1. The van der Waals surface area contributed by atoms with Crippen LogP contribution < -0.4 is 5.32 Å². The smallest absolute Gasteiger partial charge is 0.341 e. The number of hydrogen-bond acceptors (Lipinski definition) is 5. The first-order valence-corrected chi connectivity index (χ1v) is 9.42. The van der Waals surface area contributed by atoms with Crippen molar-refractivity contribution in [3.8, 4) is 0 Å². The lowest BCUT2D eigenvalue weighted by atomic mass is 9.76. The molecule has 0 saturated heterocycles. The van der Waals surface area contributed by atoms with E-state index < -0.39 is 23.8 Å². The van der Waals surface area contributed by atoms with Crippen molar-refractivity contribution in [3.05, 3.63) is 27.7 Å². The molecule has 2 N–H and O–H groups in total. The van der Waals surface area contributed by atoms with E-state index in [9.17, 15) is 19.5 Å². The first-order chi connectivity index (χ1) is 12.1. The standard InChI is InChI=1S/C19H25NO5S/c1-9(2)25-19(24)15-8-12(5)26-17(15)20-16(21)13-6-10(3)11(4)7-14(13)18(22)23/h8-9,13-14H,6-7H2,1-5H3,(H,20,21)(H,22,23)/t13-,14-/m1/s1. The number of carboxylic acid groups (broad SMARTS) is 1. The summed E-state index contributed by atoms with van der Waals surface area (Å²) in [5, 5.41) is 12.7. The highest BCUT2D eigenvalue weighted by molar-refractivity contribution is 7.16. The van der Waals surface area contributed by atoms with E-state index >= 15 is 0 Å². The number of amides is 1. The lowest BCUT2D eigenvalue weighted by Gasteiger charge is -2.29. The van der Waals surface area contributed by atoms with Crippen molar-refractivity contribution in [2.75, 3.05) is 5.32 Å². The van der Waals surface area contributed by atoms with Crippen LogP contribution in [0.2, 0.25) is 0 Å². The van der Waals surface area contributed by atoms with Gasteiger partial charge in [0, 0.05) is 4.88 Å². The van der Waals surface area contributed by atoms with Crippen molar-refractivity contribution in [3.63, 3.8) is 0 Å². The fraction of sp³-hybridized carbons (Fsp3) is 0.526. The summed E-state index contributed by atoms with van der Waals surface area (Å²) in [6.45, 7) is 9.18. The molecule has 1 aliphatic rings. The minimum Gasteiger partial charge on any atom is -0.481 e. The molecule has 2 atom stereocenters. The predicted octanol–water partition coefficient (Wildman–Crippen LogP) is 4.01. The van der Waals surface area contributed by atoms with Crippen LogP contribution >= 0.6 is 11.3 Å². The lowest BCUT2D eigenvalue weighted by Crippen LogP contribution is -2.36. The van der Waals surface area contributed by atoms with Gasteiger partial charge in [-0.3, -0.25) is 9.59 Å². The Kier molecular flexibility index (Phi) is 6.23. The Bertz CT molecular complexity index is 762. The van der Waals surface area contributed by atoms with Crippen LogP contribution in [-0.4, -0.2) is 29.1 Å². The zero-order valence-corrected chi connectivity index (χ0v) is 16.5. The van der Waals surface area contributed by atoms with E-state index in [1.165, 1.54) is 11.3 Å². The number of carbonyl (C=O) groups is 3. The second-order valence-electron chi connectivity index (χ2n) is 7.06. The Morgan fingerprint density at radius 1 is 1.15 bits per heavy atom. The van der Waals surface area contributed by atoms with Crippen molar-refractivity contribution in [1.82, 2.24) is 0 Å². The molecule has 1 aromatic heterocycles. The van der Waals surface area contributed by atoms with Gasteiger partial charge in [-0.1, -0.05) is 11.1 Å². The number of thiophene rings is 1. The normalized spacial score (nSPS) is 20.2. The SMILES string of the molecule is CC1=C(C)C[C@@H](C(=O)Nc2sc(C)cc2C(=O)OC(C)C)[C@H](C(=O)O)C1. The monoisotopic (exact) mass is 379 g/mol. The van der Waals surface area contributed by atoms with Crippen molar-refractivity contribution >= 4 is 34.2 Å². The van der Waals surface area contributed by atoms with Crippen LogP contribution in [0.1, 0.15) is 55.8 Å². The molecule has 1 aliphatic carbocycles. The molecule has 0 aromatic carbocycles. The van der Waals surface area contributed by atoms with Gasteiger partial charge in [0.2, 0.25) is 5.91 Å². The maximum Gasteiger partial charge on any atom is 0.341 e. The summed E-state index contributed by atoms with van der Waals surface area (Å²) in [7, 11) is 0. The molecule has 142 valence electrons. The zero-order chi connectivity index (χ0) is 19.6. The average molecular weight is 379 g/mol. The second-order valence-corrected chi connectivity index (χ2v) is 8.32. The highest BCUT2D eigenvalue weighted by Crippen LogP contribution is 2.36. The summed E-state index contributed by atoms with van der Waals surface area (Å²) in [5.41, 5.74) is 2.37. The molecule has 2 rings (SSSR count). The van der Waals surface area contributed by atoms with Gasteiger partial charge < -0.3 is 15.2 Å². The summed E-state index contributed by atoms with van der Waals surface area (Å²) in [6, 6.07) is 1.68. The number of carbonyl (C=O) groups excluding carboxylic acids is 2. The third-order valence-corrected chi connectivity index (χ3v) is 5.54.